The summed E-state index contributed by atoms with van der Waals surface area (Å²) in [6, 6.07) is 7.81. The lowest BCUT2D eigenvalue weighted by molar-refractivity contribution is 0.0600. The molecule has 1 aromatic carbocycles. The quantitative estimate of drug-likeness (QED) is 0.559. The Morgan fingerprint density at radius 3 is 2.93 bits per heavy atom. The molecule has 0 amide bonds. The van der Waals surface area contributed by atoms with E-state index in [1.165, 1.54) is 13.2 Å². The molecule has 0 aliphatic heterocycles. The van der Waals surface area contributed by atoms with Gasteiger partial charge >= 0.3 is 5.97 Å². The lowest BCUT2D eigenvalue weighted by Crippen LogP contribution is -2.03. The maximum atomic E-state index is 11.1. The second-order valence-electron chi connectivity index (χ2n) is 2.65. The molecule has 0 saturated carbocycles. The van der Waals surface area contributed by atoms with Crippen molar-refractivity contribution in [3.8, 4) is 6.07 Å². The van der Waals surface area contributed by atoms with Crippen molar-refractivity contribution in [2.75, 3.05) is 7.11 Å². The molecule has 0 aliphatic rings. The van der Waals surface area contributed by atoms with Gasteiger partial charge in [0.25, 0.3) is 0 Å². The summed E-state index contributed by atoms with van der Waals surface area (Å²) >= 11 is 0. The van der Waals surface area contributed by atoms with Crippen LogP contribution >= 0.6 is 0 Å². The van der Waals surface area contributed by atoms with Crippen LogP contribution in [0.2, 0.25) is 0 Å². The Bertz CT molecular complexity index is 381. The molecule has 0 aliphatic carbocycles. The van der Waals surface area contributed by atoms with Crippen LogP contribution in [0, 0.1) is 11.3 Å². The predicted molar refractivity (Wildman–Crippen MR) is 48.4 cm³/mol. The Labute approximate surface area is 81.4 Å². The molecule has 14 heavy (non-hydrogen) atoms. The van der Waals surface area contributed by atoms with E-state index in [9.17, 15) is 9.90 Å². The van der Waals surface area contributed by atoms with Gasteiger partial charge in [0.2, 0.25) is 0 Å². The van der Waals surface area contributed by atoms with E-state index >= 15 is 0 Å². The first-order chi connectivity index (χ1) is 6.69. The minimum Gasteiger partial charge on any atom is -0.465 e. The third-order valence-corrected chi connectivity index (χ3v) is 1.75. The molecule has 72 valence electrons. The zero-order valence-electron chi connectivity index (χ0n) is 7.60. The highest BCUT2D eigenvalue weighted by Gasteiger charge is 2.09. The zero-order valence-corrected chi connectivity index (χ0v) is 7.60. The molecule has 4 heteroatoms. The number of aliphatic hydroxyl groups is 1. The Morgan fingerprint density at radius 1 is 1.64 bits per heavy atom. The van der Waals surface area contributed by atoms with Crippen LogP contribution in [0.1, 0.15) is 22.0 Å². The Hall–Kier alpha value is -1.86. The number of methoxy groups -OCH3 is 1. The van der Waals surface area contributed by atoms with Crippen molar-refractivity contribution >= 4 is 5.97 Å². The number of benzene rings is 1. The zero-order chi connectivity index (χ0) is 10.6. The van der Waals surface area contributed by atoms with Gasteiger partial charge in [-0.2, -0.15) is 5.26 Å². The van der Waals surface area contributed by atoms with Gasteiger partial charge in [0, 0.05) is 0 Å². The summed E-state index contributed by atoms with van der Waals surface area (Å²) < 4.78 is 4.50. The molecule has 1 aromatic rings. The molecule has 1 N–H and O–H groups in total. The number of hydrogen-bond acceptors (Lipinski definition) is 4. The van der Waals surface area contributed by atoms with Crippen LogP contribution in [0.3, 0.4) is 0 Å². The van der Waals surface area contributed by atoms with Gasteiger partial charge in [0.05, 0.1) is 18.7 Å². The third-order valence-electron chi connectivity index (χ3n) is 1.75. The summed E-state index contributed by atoms with van der Waals surface area (Å²) in [5.41, 5.74) is 0.703. The fourth-order valence-electron chi connectivity index (χ4n) is 1.03. The number of nitrogens with zero attached hydrogens (tertiary/aromatic N) is 1. The summed E-state index contributed by atoms with van der Waals surface area (Å²) in [5, 5.41) is 17.7. The van der Waals surface area contributed by atoms with E-state index in [0.717, 1.165) is 0 Å². The second kappa shape index (κ2) is 4.40. The number of carbonyl (C=O) groups excluding carboxylic acids is 1. The summed E-state index contributed by atoms with van der Waals surface area (Å²) in [5.74, 6) is -0.489. The van der Waals surface area contributed by atoms with Crippen molar-refractivity contribution < 1.29 is 14.6 Å². The molecule has 1 atom stereocenters. The molecule has 0 radical (unpaired) electrons. The average Bonchev–Trinajstić information content (AvgIpc) is 2.27. The Kier molecular flexibility index (Phi) is 3.21. The van der Waals surface area contributed by atoms with Crippen LogP contribution < -0.4 is 0 Å². The van der Waals surface area contributed by atoms with E-state index in [2.05, 4.69) is 4.74 Å². The van der Waals surface area contributed by atoms with Crippen LogP contribution in [0.25, 0.3) is 0 Å². The monoisotopic (exact) mass is 191 g/mol. The smallest absolute Gasteiger partial charge is 0.337 e. The van der Waals surface area contributed by atoms with Gasteiger partial charge in [-0.25, -0.2) is 4.79 Å². The van der Waals surface area contributed by atoms with Crippen LogP contribution in [0.4, 0.5) is 0 Å². The van der Waals surface area contributed by atoms with Gasteiger partial charge in [0.1, 0.15) is 0 Å². The molecule has 0 saturated heterocycles. The molecular formula is C10H9NO3. The minimum absolute atomic E-state index is 0.319. The SMILES string of the molecule is COC(=O)c1cccc(C(O)C#N)c1. The van der Waals surface area contributed by atoms with Crippen molar-refractivity contribution in [1.29, 1.82) is 5.26 Å². The molecule has 0 fully saturated rings. The topological polar surface area (TPSA) is 70.3 Å². The molecule has 4 nitrogen and oxygen atoms in total. The van der Waals surface area contributed by atoms with Gasteiger partial charge in [-0.05, 0) is 17.7 Å². The van der Waals surface area contributed by atoms with E-state index < -0.39 is 12.1 Å². The molecule has 0 spiro atoms. The summed E-state index contributed by atoms with van der Waals surface area (Å²) in [7, 11) is 1.27. The maximum absolute atomic E-state index is 11.1. The van der Waals surface area contributed by atoms with Gasteiger partial charge in [-0.15, -0.1) is 0 Å². The Balaban J connectivity index is 3.02. The number of rotatable bonds is 2. The number of carbonyl (C=O) groups is 1. The summed E-state index contributed by atoms with van der Waals surface area (Å²) in [4.78, 5) is 11.1. The van der Waals surface area contributed by atoms with Crippen molar-refractivity contribution in [2.45, 2.75) is 6.10 Å². The number of esters is 1. The lowest BCUT2D eigenvalue weighted by atomic mass is 10.1. The fraction of sp³-hybridized carbons (Fsp3) is 0.200. The first kappa shape index (κ1) is 10.2. The van der Waals surface area contributed by atoms with E-state index in [0.29, 0.717) is 11.1 Å². The molecule has 0 aromatic heterocycles. The van der Waals surface area contributed by atoms with Gasteiger partial charge in [-0.3, -0.25) is 0 Å². The van der Waals surface area contributed by atoms with Crippen molar-refractivity contribution in [3.63, 3.8) is 0 Å². The number of hydrogen-bond donors (Lipinski definition) is 1. The van der Waals surface area contributed by atoms with Crippen LogP contribution in [0.5, 0.6) is 0 Å². The minimum atomic E-state index is -1.21. The highest BCUT2D eigenvalue weighted by atomic mass is 16.5. The van der Waals surface area contributed by atoms with Crippen LogP contribution in [-0.4, -0.2) is 18.2 Å². The molecule has 1 rings (SSSR count). The predicted octanol–water partition coefficient (Wildman–Crippen LogP) is 1.03. The first-order valence-corrected chi connectivity index (χ1v) is 3.95. The number of nitriles is 1. The van der Waals surface area contributed by atoms with E-state index in [1.807, 2.05) is 0 Å². The van der Waals surface area contributed by atoms with E-state index in [4.69, 9.17) is 5.26 Å². The summed E-state index contributed by atoms with van der Waals surface area (Å²) in [6.45, 7) is 0. The molecular weight excluding hydrogens is 182 g/mol. The summed E-state index contributed by atoms with van der Waals surface area (Å²) in [6.07, 6.45) is -1.21. The average molecular weight is 191 g/mol. The molecule has 1 unspecified atom stereocenters. The normalized spacial score (nSPS) is 11.5. The Morgan fingerprint density at radius 2 is 2.36 bits per heavy atom. The third kappa shape index (κ3) is 2.09. The van der Waals surface area contributed by atoms with Gasteiger partial charge in [-0.1, -0.05) is 12.1 Å². The van der Waals surface area contributed by atoms with Crippen molar-refractivity contribution in [2.24, 2.45) is 0 Å². The van der Waals surface area contributed by atoms with Crippen LogP contribution in [-0.2, 0) is 4.74 Å². The van der Waals surface area contributed by atoms with Gasteiger partial charge in [0.15, 0.2) is 6.10 Å². The van der Waals surface area contributed by atoms with E-state index in [-0.39, 0.29) is 0 Å². The second-order valence-corrected chi connectivity index (χ2v) is 2.65. The highest BCUT2D eigenvalue weighted by Crippen LogP contribution is 2.14. The van der Waals surface area contributed by atoms with Crippen molar-refractivity contribution in [3.05, 3.63) is 35.4 Å². The van der Waals surface area contributed by atoms with E-state index in [1.54, 1.807) is 24.3 Å². The standard InChI is InChI=1S/C10H9NO3/c1-14-10(13)8-4-2-3-7(5-8)9(12)6-11/h2-5,9,12H,1H3. The first-order valence-electron chi connectivity index (χ1n) is 3.95. The fourth-order valence-corrected chi connectivity index (χ4v) is 1.03. The highest BCUT2D eigenvalue weighted by molar-refractivity contribution is 5.89. The van der Waals surface area contributed by atoms with Crippen molar-refractivity contribution in [1.82, 2.24) is 0 Å². The van der Waals surface area contributed by atoms with Crippen LogP contribution in [0.15, 0.2) is 24.3 Å². The molecule has 0 heterocycles. The number of aliphatic hydroxyl groups excluding tert-OH is 1. The lowest BCUT2D eigenvalue weighted by Gasteiger charge is -2.04. The van der Waals surface area contributed by atoms with Gasteiger partial charge < -0.3 is 9.84 Å². The maximum Gasteiger partial charge on any atom is 0.337 e. The molecule has 0 bridgehead atoms. The number of ether oxygens (including phenoxy) is 1. The largest absolute Gasteiger partial charge is 0.465 e.